The van der Waals surface area contributed by atoms with E-state index in [1.807, 2.05) is 0 Å². The average molecular weight is 334 g/mol. The van der Waals surface area contributed by atoms with Gasteiger partial charge in [0, 0.05) is 11.3 Å². The van der Waals surface area contributed by atoms with Gasteiger partial charge in [0.1, 0.15) is 17.2 Å². The van der Waals surface area contributed by atoms with Crippen molar-refractivity contribution in [2.45, 2.75) is 43.6 Å². The van der Waals surface area contributed by atoms with Crippen LogP contribution in [0.5, 0.6) is 0 Å². The number of benzene rings is 1. The number of fused-ring (bicyclic) bond motifs is 3. The molecule has 3 saturated carbocycles. The molecular formula is C17H16F2N2O3. The summed E-state index contributed by atoms with van der Waals surface area (Å²) in [6.07, 6.45) is 5.70. The molecule has 0 radical (unpaired) electrons. The third kappa shape index (κ3) is 2.57. The van der Waals surface area contributed by atoms with E-state index in [9.17, 15) is 13.6 Å². The molecule has 0 amide bonds. The third-order valence-corrected chi connectivity index (χ3v) is 5.27. The van der Waals surface area contributed by atoms with Crippen molar-refractivity contribution in [3.63, 3.8) is 0 Å². The van der Waals surface area contributed by atoms with E-state index in [-0.39, 0.29) is 11.5 Å². The van der Waals surface area contributed by atoms with Gasteiger partial charge in [-0.15, -0.1) is 5.10 Å². The van der Waals surface area contributed by atoms with Crippen LogP contribution in [-0.2, 0) is 4.74 Å². The van der Waals surface area contributed by atoms with Crippen LogP contribution in [0, 0.1) is 17.6 Å². The molecule has 0 N–H and O–H groups in total. The molecule has 1 unspecified atom stereocenters. The van der Waals surface area contributed by atoms with Crippen molar-refractivity contribution in [1.82, 2.24) is 10.4 Å². The molecular weight excluding hydrogens is 318 g/mol. The molecule has 24 heavy (non-hydrogen) atoms. The standard InChI is InChI=1S/C17H16F2N2O3/c18-12-6-11(7-13(19)8-12)16(22)23-17-3-1-10(2-4-17)5-14(17)15-9-20-21-24-15/h6-10,14H,1-5H2. The fourth-order valence-corrected chi connectivity index (χ4v) is 4.09. The Morgan fingerprint density at radius 2 is 1.92 bits per heavy atom. The number of rotatable bonds is 3. The molecule has 5 nitrogen and oxygen atoms in total. The zero-order valence-corrected chi connectivity index (χ0v) is 12.9. The Labute approximate surface area is 137 Å². The zero-order chi connectivity index (χ0) is 16.7. The van der Waals surface area contributed by atoms with Gasteiger partial charge in [-0.1, -0.05) is 0 Å². The van der Waals surface area contributed by atoms with Gasteiger partial charge in [-0.3, -0.25) is 0 Å². The number of nitrogens with zero attached hydrogens (tertiary/aromatic N) is 2. The van der Waals surface area contributed by atoms with Crippen LogP contribution >= 0.6 is 0 Å². The summed E-state index contributed by atoms with van der Waals surface area (Å²) in [5.74, 6) is -1.29. The highest BCUT2D eigenvalue weighted by molar-refractivity contribution is 5.89. The van der Waals surface area contributed by atoms with Gasteiger partial charge in [0.2, 0.25) is 0 Å². The van der Waals surface area contributed by atoms with E-state index < -0.39 is 23.2 Å². The minimum absolute atomic E-state index is 0.121. The summed E-state index contributed by atoms with van der Waals surface area (Å²) in [7, 11) is 0. The Morgan fingerprint density at radius 1 is 1.21 bits per heavy atom. The third-order valence-electron chi connectivity index (χ3n) is 5.27. The monoisotopic (exact) mass is 334 g/mol. The molecule has 2 bridgehead atoms. The molecule has 1 aromatic carbocycles. The Hall–Kier alpha value is -2.31. The van der Waals surface area contributed by atoms with Gasteiger partial charge >= 0.3 is 5.97 Å². The lowest BCUT2D eigenvalue weighted by Gasteiger charge is -2.50. The van der Waals surface area contributed by atoms with Crippen LogP contribution in [0.25, 0.3) is 0 Å². The maximum Gasteiger partial charge on any atom is 0.338 e. The number of ether oxygens (including phenoxy) is 1. The quantitative estimate of drug-likeness (QED) is 0.802. The van der Waals surface area contributed by atoms with E-state index in [0.29, 0.717) is 24.5 Å². The summed E-state index contributed by atoms with van der Waals surface area (Å²) in [6.45, 7) is 0. The lowest BCUT2D eigenvalue weighted by Crippen LogP contribution is -2.49. The summed E-state index contributed by atoms with van der Waals surface area (Å²) in [6, 6.07) is 2.70. The molecule has 1 aromatic heterocycles. The molecule has 3 aliphatic carbocycles. The van der Waals surface area contributed by atoms with E-state index in [0.717, 1.165) is 37.5 Å². The summed E-state index contributed by atoms with van der Waals surface area (Å²) >= 11 is 0. The van der Waals surface area contributed by atoms with Crippen LogP contribution in [0.2, 0.25) is 0 Å². The topological polar surface area (TPSA) is 65.2 Å². The number of hydrogen-bond donors (Lipinski definition) is 0. The molecule has 0 saturated heterocycles. The largest absolute Gasteiger partial charge is 0.455 e. The highest BCUT2D eigenvalue weighted by atomic mass is 19.1. The normalized spacial score (nSPS) is 28.8. The summed E-state index contributed by atoms with van der Waals surface area (Å²) in [5, 5.41) is 7.22. The van der Waals surface area contributed by atoms with Crippen LogP contribution in [0.1, 0.15) is 54.1 Å². The molecule has 7 heteroatoms. The first kappa shape index (κ1) is 15.2. The number of halogens is 2. The van der Waals surface area contributed by atoms with Gasteiger partial charge in [0.15, 0.2) is 5.76 Å². The summed E-state index contributed by atoms with van der Waals surface area (Å²) in [5.41, 5.74) is -0.848. The van der Waals surface area contributed by atoms with Crippen molar-refractivity contribution in [1.29, 1.82) is 0 Å². The minimum atomic E-state index is -0.803. The Balaban J connectivity index is 1.63. The van der Waals surface area contributed by atoms with Crippen molar-refractivity contribution in [3.05, 3.63) is 47.4 Å². The van der Waals surface area contributed by atoms with E-state index in [2.05, 4.69) is 10.4 Å². The van der Waals surface area contributed by atoms with Gasteiger partial charge in [-0.05, 0) is 50.2 Å². The van der Waals surface area contributed by atoms with Crippen molar-refractivity contribution < 1.29 is 22.8 Å². The fraction of sp³-hybridized carbons (Fsp3) is 0.471. The van der Waals surface area contributed by atoms with E-state index in [4.69, 9.17) is 9.26 Å². The van der Waals surface area contributed by atoms with Crippen LogP contribution in [0.4, 0.5) is 8.78 Å². The molecule has 3 aliphatic rings. The first-order chi connectivity index (χ1) is 11.6. The van der Waals surface area contributed by atoms with Crippen LogP contribution in [0.3, 0.4) is 0 Å². The molecule has 1 atom stereocenters. The van der Waals surface area contributed by atoms with Gasteiger partial charge in [-0.2, -0.15) is 0 Å². The summed E-state index contributed by atoms with van der Waals surface area (Å²) < 4.78 is 37.8. The summed E-state index contributed by atoms with van der Waals surface area (Å²) in [4.78, 5) is 12.5. The predicted octanol–water partition coefficient (Wildman–Crippen LogP) is 3.62. The zero-order valence-electron chi connectivity index (χ0n) is 12.9. The second-order valence-electron chi connectivity index (χ2n) is 6.66. The fourth-order valence-electron chi connectivity index (χ4n) is 4.09. The SMILES string of the molecule is O=C(OC12CCC(CC1)CC2c1cnno1)c1cc(F)cc(F)c1. The van der Waals surface area contributed by atoms with Crippen molar-refractivity contribution >= 4 is 5.97 Å². The lowest BCUT2D eigenvalue weighted by molar-refractivity contribution is -0.0956. The number of carbonyl (C=O) groups excluding carboxylic acids is 1. The predicted molar refractivity (Wildman–Crippen MR) is 78.1 cm³/mol. The smallest absolute Gasteiger partial charge is 0.338 e. The van der Waals surface area contributed by atoms with Gasteiger partial charge in [0.25, 0.3) is 0 Å². The molecule has 3 fully saturated rings. The highest BCUT2D eigenvalue weighted by Crippen LogP contribution is 2.54. The minimum Gasteiger partial charge on any atom is -0.455 e. The number of esters is 1. The molecule has 5 rings (SSSR count). The molecule has 2 aromatic rings. The van der Waals surface area contributed by atoms with Crippen LogP contribution < -0.4 is 0 Å². The average Bonchev–Trinajstić information content (AvgIpc) is 3.09. The number of aromatic nitrogens is 2. The van der Waals surface area contributed by atoms with E-state index >= 15 is 0 Å². The number of hydrogen-bond acceptors (Lipinski definition) is 5. The first-order valence-electron chi connectivity index (χ1n) is 8.02. The number of carbonyl (C=O) groups is 1. The van der Waals surface area contributed by atoms with Crippen LogP contribution in [0.15, 0.2) is 28.9 Å². The van der Waals surface area contributed by atoms with Gasteiger partial charge in [-0.25, -0.2) is 13.6 Å². The Bertz CT molecular complexity index is 735. The second-order valence-corrected chi connectivity index (χ2v) is 6.66. The van der Waals surface area contributed by atoms with Gasteiger partial charge < -0.3 is 9.26 Å². The first-order valence-corrected chi connectivity index (χ1v) is 8.02. The van der Waals surface area contributed by atoms with Crippen molar-refractivity contribution in [2.24, 2.45) is 5.92 Å². The van der Waals surface area contributed by atoms with E-state index in [1.54, 1.807) is 6.20 Å². The highest BCUT2D eigenvalue weighted by Gasteiger charge is 2.52. The van der Waals surface area contributed by atoms with Crippen molar-refractivity contribution in [2.75, 3.05) is 0 Å². The maximum absolute atomic E-state index is 13.4. The molecule has 126 valence electrons. The molecule has 0 aliphatic heterocycles. The second kappa shape index (κ2) is 5.65. The Kier molecular flexibility index (Phi) is 3.58. The van der Waals surface area contributed by atoms with E-state index in [1.165, 1.54) is 0 Å². The molecule has 1 heterocycles. The Morgan fingerprint density at radius 3 is 2.54 bits per heavy atom. The van der Waals surface area contributed by atoms with Crippen LogP contribution in [-0.4, -0.2) is 21.9 Å². The maximum atomic E-state index is 13.4. The molecule has 0 spiro atoms. The lowest BCUT2D eigenvalue weighted by atomic mass is 9.61. The van der Waals surface area contributed by atoms with Gasteiger partial charge in [0.05, 0.1) is 17.7 Å². The van der Waals surface area contributed by atoms with Crippen molar-refractivity contribution in [3.8, 4) is 0 Å².